The van der Waals surface area contributed by atoms with Gasteiger partial charge in [0.25, 0.3) is 0 Å². The molecule has 5 nitrogen and oxygen atoms in total. The molecule has 0 atom stereocenters. The Labute approximate surface area is 139 Å². The molecule has 0 amide bonds. The lowest BCUT2D eigenvalue weighted by molar-refractivity contribution is 0.546. The summed E-state index contributed by atoms with van der Waals surface area (Å²) < 4.78 is 2.23. The van der Waals surface area contributed by atoms with E-state index in [1.165, 1.54) is 5.56 Å². The third kappa shape index (κ3) is 2.92. The van der Waals surface area contributed by atoms with Crippen molar-refractivity contribution in [1.82, 2.24) is 19.7 Å². The maximum absolute atomic E-state index is 5.99. The van der Waals surface area contributed by atoms with Gasteiger partial charge in [0.05, 0.1) is 6.54 Å². The average Bonchev–Trinajstić information content (AvgIpc) is 2.98. The van der Waals surface area contributed by atoms with Crippen LogP contribution in [0.1, 0.15) is 17.2 Å². The molecule has 0 bridgehead atoms. The van der Waals surface area contributed by atoms with Crippen LogP contribution in [0.25, 0.3) is 0 Å². The fourth-order valence-electron chi connectivity index (χ4n) is 2.94. The third-order valence-electron chi connectivity index (χ3n) is 4.11. The van der Waals surface area contributed by atoms with E-state index in [-0.39, 0.29) is 0 Å². The van der Waals surface area contributed by atoms with Gasteiger partial charge in [0.15, 0.2) is 5.82 Å². The van der Waals surface area contributed by atoms with Crippen LogP contribution < -0.4 is 4.90 Å². The highest BCUT2D eigenvalue weighted by Crippen LogP contribution is 2.23. The summed E-state index contributed by atoms with van der Waals surface area (Å²) >= 11 is 5.99. The fourth-order valence-corrected chi connectivity index (χ4v) is 3.10. The van der Waals surface area contributed by atoms with Crippen LogP contribution in [0, 0.1) is 0 Å². The van der Waals surface area contributed by atoms with Crippen molar-refractivity contribution in [3.05, 3.63) is 71.0 Å². The van der Waals surface area contributed by atoms with Crippen LogP contribution in [-0.4, -0.2) is 26.3 Å². The number of hydrogen-bond donors (Lipinski definition) is 0. The second-order valence-corrected chi connectivity index (χ2v) is 5.99. The predicted molar refractivity (Wildman–Crippen MR) is 89.6 cm³/mol. The number of pyridine rings is 1. The van der Waals surface area contributed by atoms with Crippen LogP contribution in [0.4, 0.5) is 5.69 Å². The Morgan fingerprint density at radius 1 is 1.04 bits per heavy atom. The molecule has 0 saturated carbocycles. The van der Waals surface area contributed by atoms with E-state index in [1.807, 2.05) is 18.2 Å². The van der Waals surface area contributed by atoms with Crippen molar-refractivity contribution in [3.63, 3.8) is 0 Å². The van der Waals surface area contributed by atoms with Crippen molar-refractivity contribution in [2.75, 3.05) is 11.4 Å². The number of fused-ring (bicyclic) bond motifs is 1. The van der Waals surface area contributed by atoms with Gasteiger partial charge in [0, 0.05) is 31.4 Å². The molecule has 0 spiro atoms. The molecule has 6 heteroatoms. The number of benzene rings is 1. The molecule has 1 aliphatic rings. The topological polar surface area (TPSA) is 46.8 Å². The van der Waals surface area contributed by atoms with E-state index >= 15 is 0 Å². The Kier molecular flexibility index (Phi) is 3.71. The molecule has 0 fully saturated rings. The molecule has 0 saturated heterocycles. The Bertz CT molecular complexity index is 815. The van der Waals surface area contributed by atoms with E-state index in [4.69, 9.17) is 11.6 Å². The van der Waals surface area contributed by atoms with Gasteiger partial charge in [0.1, 0.15) is 11.0 Å². The number of nitrogens with zero attached hydrogens (tertiary/aromatic N) is 5. The predicted octanol–water partition coefficient (Wildman–Crippen LogP) is 2.94. The molecule has 0 N–H and O–H groups in total. The summed E-state index contributed by atoms with van der Waals surface area (Å²) in [5.74, 6) is 2.02. The largest absolute Gasteiger partial charge is 0.362 e. The second kappa shape index (κ2) is 6.01. The third-order valence-corrected chi connectivity index (χ3v) is 4.32. The smallest absolute Gasteiger partial charge is 0.152 e. The maximum atomic E-state index is 5.99. The number of hydrogen-bond acceptors (Lipinski definition) is 4. The highest BCUT2D eigenvalue weighted by molar-refractivity contribution is 6.29. The number of rotatable bonds is 3. The lowest BCUT2D eigenvalue weighted by Gasteiger charge is -2.29. The molecule has 0 aliphatic carbocycles. The molecular weight excluding hydrogens is 310 g/mol. The van der Waals surface area contributed by atoms with Crippen LogP contribution >= 0.6 is 11.6 Å². The summed E-state index contributed by atoms with van der Waals surface area (Å²) in [5, 5.41) is 9.27. The molecule has 0 radical (unpaired) electrons. The van der Waals surface area contributed by atoms with Crippen LogP contribution in [0.2, 0.25) is 5.15 Å². The van der Waals surface area contributed by atoms with Crippen molar-refractivity contribution < 1.29 is 0 Å². The van der Waals surface area contributed by atoms with Gasteiger partial charge >= 0.3 is 0 Å². The fraction of sp³-hybridized carbons (Fsp3) is 0.235. The van der Waals surface area contributed by atoms with Crippen LogP contribution in [0.15, 0.2) is 48.7 Å². The Morgan fingerprint density at radius 2 is 1.91 bits per heavy atom. The summed E-state index contributed by atoms with van der Waals surface area (Å²) in [6, 6.07) is 14.2. The van der Waals surface area contributed by atoms with Gasteiger partial charge in [-0.1, -0.05) is 41.9 Å². The first-order valence-electron chi connectivity index (χ1n) is 7.61. The van der Waals surface area contributed by atoms with Crippen LogP contribution in [0.5, 0.6) is 0 Å². The van der Waals surface area contributed by atoms with Crippen LogP contribution in [-0.2, 0) is 19.5 Å². The Hall–Kier alpha value is -2.40. The second-order valence-electron chi connectivity index (χ2n) is 5.60. The van der Waals surface area contributed by atoms with Gasteiger partial charge in [-0.3, -0.25) is 0 Å². The maximum Gasteiger partial charge on any atom is 0.152 e. The van der Waals surface area contributed by atoms with Gasteiger partial charge in [-0.25, -0.2) is 4.98 Å². The van der Waals surface area contributed by atoms with Gasteiger partial charge < -0.3 is 9.47 Å². The van der Waals surface area contributed by atoms with Gasteiger partial charge in [-0.15, -0.1) is 10.2 Å². The highest BCUT2D eigenvalue weighted by atomic mass is 35.5. The van der Waals surface area contributed by atoms with Crippen molar-refractivity contribution in [3.8, 4) is 0 Å². The minimum absolute atomic E-state index is 0.513. The monoisotopic (exact) mass is 325 g/mol. The molecule has 4 rings (SSSR count). The molecule has 23 heavy (non-hydrogen) atoms. The molecule has 0 unspecified atom stereocenters. The zero-order valence-corrected chi connectivity index (χ0v) is 13.3. The highest BCUT2D eigenvalue weighted by Gasteiger charge is 2.21. The van der Waals surface area contributed by atoms with E-state index in [9.17, 15) is 0 Å². The zero-order chi connectivity index (χ0) is 15.6. The van der Waals surface area contributed by atoms with E-state index in [2.05, 4.69) is 48.9 Å². The van der Waals surface area contributed by atoms with Crippen molar-refractivity contribution in [2.45, 2.75) is 19.5 Å². The SMILES string of the molecule is Clc1cc(N2CCn3c(Cc4ccccc4)nnc3C2)ccn1. The minimum atomic E-state index is 0.513. The minimum Gasteiger partial charge on any atom is -0.362 e. The molecule has 2 aromatic heterocycles. The summed E-state index contributed by atoms with van der Waals surface area (Å²) in [6.07, 6.45) is 2.55. The first-order valence-corrected chi connectivity index (χ1v) is 7.99. The van der Waals surface area contributed by atoms with E-state index in [0.717, 1.165) is 43.4 Å². The molecular formula is C17H16ClN5. The first kappa shape index (κ1) is 14.2. The van der Waals surface area contributed by atoms with E-state index in [1.54, 1.807) is 6.20 Å². The summed E-state index contributed by atoms with van der Waals surface area (Å²) in [4.78, 5) is 6.29. The standard InChI is InChI=1S/C17H16ClN5/c18-15-11-14(6-7-19-15)22-8-9-23-16(20-21-17(23)12-22)10-13-4-2-1-3-5-13/h1-7,11H,8-10,12H2. The Morgan fingerprint density at radius 3 is 2.74 bits per heavy atom. The number of halogens is 1. The van der Waals surface area contributed by atoms with Gasteiger partial charge in [0.2, 0.25) is 0 Å². The Balaban J connectivity index is 1.55. The van der Waals surface area contributed by atoms with Crippen molar-refractivity contribution >= 4 is 17.3 Å². The molecule has 1 aromatic carbocycles. The van der Waals surface area contributed by atoms with Crippen LogP contribution in [0.3, 0.4) is 0 Å². The van der Waals surface area contributed by atoms with Gasteiger partial charge in [-0.05, 0) is 17.7 Å². The molecule has 3 aromatic rings. The van der Waals surface area contributed by atoms with E-state index < -0.39 is 0 Å². The summed E-state index contributed by atoms with van der Waals surface area (Å²) in [5.41, 5.74) is 2.33. The normalized spacial score (nSPS) is 13.9. The molecule has 116 valence electrons. The zero-order valence-electron chi connectivity index (χ0n) is 12.6. The number of anilines is 1. The van der Waals surface area contributed by atoms with Crippen molar-refractivity contribution in [2.24, 2.45) is 0 Å². The molecule has 3 heterocycles. The quantitative estimate of drug-likeness (QED) is 0.695. The molecule has 1 aliphatic heterocycles. The first-order chi connectivity index (χ1) is 11.3. The lowest BCUT2D eigenvalue weighted by Crippen LogP contribution is -2.34. The van der Waals surface area contributed by atoms with E-state index in [0.29, 0.717) is 5.15 Å². The number of aromatic nitrogens is 4. The summed E-state index contributed by atoms with van der Waals surface area (Å²) in [6.45, 7) is 2.53. The average molecular weight is 326 g/mol. The van der Waals surface area contributed by atoms with Gasteiger partial charge in [-0.2, -0.15) is 0 Å². The summed E-state index contributed by atoms with van der Waals surface area (Å²) in [7, 11) is 0. The lowest BCUT2D eigenvalue weighted by atomic mass is 10.1. The van der Waals surface area contributed by atoms with Crippen molar-refractivity contribution in [1.29, 1.82) is 0 Å².